The van der Waals surface area contributed by atoms with Crippen LogP contribution in [0.1, 0.15) is 41.4 Å². The summed E-state index contributed by atoms with van der Waals surface area (Å²) < 4.78 is 71.9. The lowest BCUT2D eigenvalue weighted by atomic mass is 10.0. The zero-order chi connectivity index (χ0) is 18.2. The van der Waals surface area contributed by atoms with Crippen molar-refractivity contribution in [3.63, 3.8) is 0 Å². The summed E-state index contributed by atoms with van der Waals surface area (Å²) in [6.45, 7) is 3.37. The maximum atomic E-state index is 13.8. The third-order valence-electron chi connectivity index (χ3n) is 3.34. The van der Waals surface area contributed by atoms with Gasteiger partial charge in [-0.25, -0.2) is 18.3 Å². The van der Waals surface area contributed by atoms with Crippen molar-refractivity contribution in [1.29, 1.82) is 0 Å². The van der Waals surface area contributed by atoms with Crippen LogP contribution >= 0.6 is 0 Å². The second kappa shape index (κ2) is 6.21. The van der Waals surface area contributed by atoms with E-state index in [0.29, 0.717) is 16.3 Å². The molecule has 0 aliphatic rings. The van der Waals surface area contributed by atoms with E-state index < -0.39 is 35.0 Å². The van der Waals surface area contributed by atoms with Crippen molar-refractivity contribution in [3.8, 4) is 5.69 Å². The molecule has 1 heterocycles. The highest BCUT2D eigenvalue weighted by Crippen LogP contribution is 2.37. The number of hydrogen-bond acceptors (Lipinski definition) is 3. The number of alkyl halides is 3. The number of rotatable bonds is 3. The molecule has 0 atom stereocenters. The summed E-state index contributed by atoms with van der Waals surface area (Å²) in [5.41, 5.74) is -2.66. The molecule has 0 unspecified atom stereocenters. The number of esters is 1. The van der Waals surface area contributed by atoms with Gasteiger partial charge in [0.05, 0.1) is 19.0 Å². The highest BCUT2D eigenvalue weighted by molar-refractivity contribution is 5.90. The normalized spacial score (nSPS) is 11.9. The van der Waals surface area contributed by atoms with Crippen molar-refractivity contribution in [2.45, 2.75) is 25.9 Å². The van der Waals surface area contributed by atoms with E-state index in [0.717, 1.165) is 7.11 Å². The van der Waals surface area contributed by atoms with E-state index in [4.69, 9.17) is 0 Å². The van der Waals surface area contributed by atoms with Gasteiger partial charge in [0, 0.05) is 17.7 Å². The molecule has 0 aliphatic carbocycles. The van der Waals surface area contributed by atoms with Crippen LogP contribution < -0.4 is 0 Å². The van der Waals surface area contributed by atoms with Crippen molar-refractivity contribution in [2.24, 2.45) is 0 Å². The molecular weight excluding hydrogens is 335 g/mol. The Morgan fingerprint density at radius 2 is 1.88 bits per heavy atom. The quantitative estimate of drug-likeness (QED) is 0.620. The number of halogens is 5. The van der Waals surface area contributed by atoms with Gasteiger partial charge in [-0.15, -0.1) is 0 Å². The highest BCUT2D eigenvalue weighted by atomic mass is 19.4. The van der Waals surface area contributed by atoms with Gasteiger partial charge in [-0.3, -0.25) is 0 Å². The summed E-state index contributed by atoms with van der Waals surface area (Å²) in [6.07, 6.45) is -3.94. The predicted molar refractivity (Wildman–Crippen MR) is 73.9 cm³/mol. The van der Waals surface area contributed by atoms with Crippen LogP contribution in [0.15, 0.2) is 18.3 Å². The molecule has 0 spiro atoms. The Hall–Kier alpha value is -2.45. The van der Waals surface area contributed by atoms with Crippen molar-refractivity contribution in [1.82, 2.24) is 9.78 Å². The highest BCUT2D eigenvalue weighted by Gasteiger charge is 2.39. The number of hydrogen-bond donors (Lipinski definition) is 0. The van der Waals surface area contributed by atoms with Crippen LogP contribution in [0.5, 0.6) is 0 Å². The molecule has 0 saturated carbocycles. The fraction of sp³-hybridized carbons (Fsp3) is 0.333. The molecule has 0 fully saturated rings. The molecule has 0 bridgehead atoms. The third kappa shape index (κ3) is 3.10. The number of ether oxygens (including phenoxy) is 1. The SMILES string of the molecule is COC(=O)c1c(C(C)C)cnn1-c1cc(F)cc(F)c1C(F)(F)F. The topological polar surface area (TPSA) is 44.1 Å². The van der Waals surface area contributed by atoms with Crippen molar-refractivity contribution in [2.75, 3.05) is 7.11 Å². The molecular formula is C15H13F5N2O2. The maximum absolute atomic E-state index is 13.8. The minimum absolute atomic E-state index is 0.122. The second-order valence-electron chi connectivity index (χ2n) is 5.29. The van der Waals surface area contributed by atoms with E-state index in [2.05, 4.69) is 9.84 Å². The molecule has 0 amide bonds. The summed E-state index contributed by atoms with van der Waals surface area (Å²) in [5.74, 6) is -4.27. The van der Waals surface area contributed by atoms with Gasteiger partial charge in [0.1, 0.15) is 17.2 Å². The van der Waals surface area contributed by atoms with Crippen LogP contribution in [0.2, 0.25) is 0 Å². The number of nitrogens with zero attached hydrogens (tertiary/aromatic N) is 2. The molecule has 0 radical (unpaired) electrons. The monoisotopic (exact) mass is 348 g/mol. The van der Waals surface area contributed by atoms with E-state index in [9.17, 15) is 26.7 Å². The average molecular weight is 348 g/mol. The van der Waals surface area contributed by atoms with Crippen LogP contribution in [0.3, 0.4) is 0 Å². The van der Waals surface area contributed by atoms with Gasteiger partial charge in [0.25, 0.3) is 0 Å². The molecule has 1 aromatic heterocycles. The minimum Gasteiger partial charge on any atom is -0.464 e. The van der Waals surface area contributed by atoms with Crippen molar-refractivity contribution >= 4 is 5.97 Å². The molecule has 130 valence electrons. The van der Waals surface area contributed by atoms with E-state index >= 15 is 0 Å². The Balaban J connectivity index is 2.85. The molecule has 4 nitrogen and oxygen atoms in total. The van der Waals surface area contributed by atoms with Crippen LogP contribution in [-0.2, 0) is 10.9 Å². The van der Waals surface area contributed by atoms with Crippen LogP contribution in [0.25, 0.3) is 5.69 Å². The van der Waals surface area contributed by atoms with Crippen LogP contribution in [0.4, 0.5) is 22.0 Å². The summed E-state index contributed by atoms with van der Waals surface area (Å²) in [4.78, 5) is 12.0. The fourth-order valence-electron chi connectivity index (χ4n) is 2.27. The molecule has 0 aliphatic heterocycles. The molecule has 9 heteroatoms. The van der Waals surface area contributed by atoms with Gasteiger partial charge in [-0.2, -0.15) is 18.3 Å². The lowest BCUT2D eigenvalue weighted by molar-refractivity contribution is -0.140. The molecule has 0 saturated heterocycles. The second-order valence-corrected chi connectivity index (χ2v) is 5.29. The minimum atomic E-state index is -5.11. The molecule has 2 aromatic rings. The summed E-state index contributed by atoms with van der Waals surface area (Å²) in [6, 6.07) is 0.590. The first-order valence-electron chi connectivity index (χ1n) is 6.80. The largest absolute Gasteiger partial charge is 0.464 e. The van der Waals surface area contributed by atoms with Gasteiger partial charge in [-0.1, -0.05) is 13.8 Å². The Kier molecular flexibility index (Phi) is 4.63. The average Bonchev–Trinajstić information content (AvgIpc) is 2.88. The lowest BCUT2D eigenvalue weighted by Gasteiger charge is -2.16. The zero-order valence-corrected chi connectivity index (χ0v) is 12.9. The molecule has 0 N–H and O–H groups in total. The zero-order valence-electron chi connectivity index (χ0n) is 12.9. The number of carbonyl (C=O) groups is 1. The third-order valence-corrected chi connectivity index (χ3v) is 3.34. The predicted octanol–water partition coefficient (Wildman–Crippen LogP) is 4.08. The van der Waals surface area contributed by atoms with Crippen molar-refractivity contribution < 1.29 is 31.5 Å². The standard InChI is InChI=1S/C15H13F5N2O2/c1-7(2)9-6-21-22(13(9)14(23)24-3)11-5-8(16)4-10(17)12(11)15(18,19)20/h4-7H,1-3H3. The maximum Gasteiger partial charge on any atom is 0.421 e. The van der Waals surface area contributed by atoms with E-state index in [1.54, 1.807) is 13.8 Å². The number of aromatic nitrogens is 2. The van der Waals surface area contributed by atoms with E-state index in [1.165, 1.54) is 6.20 Å². The first-order valence-corrected chi connectivity index (χ1v) is 6.80. The molecule has 2 rings (SSSR count). The first-order chi connectivity index (χ1) is 11.1. The number of benzene rings is 1. The Bertz CT molecular complexity index is 781. The van der Waals surface area contributed by atoms with E-state index in [1.807, 2.05) is 0 Å². The number of carbonyl (C=O) groups excluding carboxylic acids is 1. The Labute approximate surface area is 133 Å². The van der Waals surface area contributed by atoms with Gasteiger partial charge in [-0.05, 0) is 5.92 Å². The molecule has 24 heavy (non-hydrogen) atoms. The fourth-order valence-corrected chi connectivity index (χ4v) is 2.27. The summed E-state index contributed by atoms with van der Waals surface area (Å²) >= 11 is 0. The first kappa shape index (κ1) is 17.9. The number of methoxy groups -OCH3 is 1. The van der Waals surface area contributed by atoms with Crippen LogP contribution in [-0.4, -0.2) is 22.9 Å². The van der Waals surface area contributed by atoms with Gasteiger partial charge < -0.3 is 4.74 Å². The van der Waals surface area contributed by atoms with Gasteiger partial charge in [0.2, 0.25) is 0 Å². The smallest absolute Gasteiger partial charge is 0.421 e. The molecule has 1 aromatic carbocycles. The van der Waals surface area contributed by atoms with Crippen LogP contribution in [0, 0.1) is 11.6 Å². The lowest BCUT2D eigenvalue weighted by Crippen LogP contribution is -2.19. The van der Waals surface area contributed by atoms with E-state index in [-0.39, 0.29) is 17.7 Å². The van der Waals surface area contributed by atoms with Crippen molar-refractivity contribution in [3.05, 3.63) is 46.8 Å². The van der Waals surface area contributed by atoms with Gasteiger partial charge >= 0.3 is 12.1 Å². The summed E-state index contributed by atoms with van der Waals surface area (Å²) in [5, 5.41) is 3.72. The van der Waals surface area contributed by atoms with Gasteiger partial charge in [0.15, 0.2) is 5.69 Å². The Morgan fingerprint density at radius 1 is 1.25 bits per heavy atom. The Morgan fingerprint density at radius 3 is 2.38 bits per heavy atom. The summed E-state index contributed by atoms with van der Waals surface area (Å²) in [7, 11) is 1.04.